The van der Waals surface area contributed by atoms with Gasteiger partial charge in [-0.2, -0.15) is 0 Å². The maximum atomic E-state index is 13.9. The summed E-state index contributed by atoms with van der Waals surface area (Å²) in [5.41, 5.74) is 14.9. The van der Waals surface area contributed by atoms with Crippen molar-refractivity contribution in [1.29, 1.82) is 0 Å². The molecular weight excluding hydrogens is 721 g/mol. The van der Waals surface area contributed by atoms with Crippen LogP contribution in [0.2, 0.25) is 0 Å². The van der Waals surface area contributed by atoms with Crippen LogP contribution in [-0.2, 0) is 0 Å². The summed E-state index contributed by atoms with van der Waals surface area (Å²) in [6.45, 7) is 0. The molecule has 5 aromatic heterocycles. The summed E-state index contributed by atoms with van der Waals surface area (Å²) in [5.74, 6) is 0. The van der Waals surface area contributed by atoms with Crippen LogP contribution in [-0.4, -0.2) is 8.80 Å². The summed E-state index contributed by atoms with van der Waals surface area (Å²) < 4.78 is 11.5. The molecule has 0 saturated heterocycles. The Morgan fingerprint density at radius 1 is 0.288 bits per heavy atom. The number of hydrogen-bond acceptors (Lipinski definition) is 2. The van der Waals surface area contributed by atoms with Crippen molar-refractivity contribution in [2.24, 2.45) is 0 Å². The van der Waals surface area contributed by atoms with Gasteiger partial charge in [0.2, 0.25) is 5.43 Å². The van der Waals surface area contributed by atoms with E-state index in [1.807, 2.05) is 36.4 Å². The van der Waals surface area contributed by atoms with E-state index in [0.717, 1.165) is 33.4 Å². The second-order valence-corrected chi connectivity index (χ2v) is 16.0. The van der Waals surface area contributed by atoms with Crippen molar-refractivity contribution in [3.63, 3.8) is 0 Å². The van der Waals surface area contributed by atoms with Gasteiger partial charge in [-0.15, -0.1) is 0 Å². The average molecular weight is 751 g/mol. The maximum Gasteiger partial charge on any atom is 0.200 e. The minimum absolute atomic E-state index is 0.0236. The summed E-state index contributed by atoms with van der Waals surface area (Å²) in [7, 11) is 0. The van der Waals surface area contributed by atoms with Gasteiger partial charge >= 0.3 is 0 Å². The second-order valence-electron chi connectivity index (χ2n) is 16.0. The van der Waals surface area contributed by atoms with E-state index in [1.54, 1.807) is 0 Å². The Kier molecular flexibility index (Phi) is 5.88. The van der Waals surface area contributed by atoms with E-state index in [1.165, 1.54) is 76.2 Å². The van der Waals surface area contributed by atoms with Gasteiger partial charge in [-0.25, -0.2) is 0 Å². The highest BCUT2D eigenvalue weighted by atomic mass is 16.3. The fraction of sp³-hybridized carbons (Fsp3) is 0. The predicted octanol–water partition coefficient (Wildman–Crippen LogP) is 14.2. The molecule has 0 fully saturated rings. The number of aromatic nitrogens is 2. The van der Waals surface area contributed by atoms with E-state index in [2.05, 4.69) is 154 Å². The van der Waals surface area contributed by atoms with E-state index in [9.17, 15) is 4.79 Å². The second kappa shape index (κ2) is 11.1. The quantitative estimate of drug-likeness (QED) is 0.169. The van der Waals surface area contributed by atoms with Gasteiger partial charge in [0.15, 0.2) is 0 Å². The zero-order valence-corrected chi connectivity index (χ0v) is 31.5. The first-order valence-corrected chi connectivity index (χ1v) is 20.1. The van der Waals surface area contributed by atoms with Crippen molar-refractivity contribution in [1.82, 2.24) is 8.80 Å². The minimum atomic E-state index is -0.0236. The first-order valence-electron chi connectivity index (χ1n) is 20.1. The number of benzene rings is 9. The molecule has 0 amide bonds. The van der Waals surface area contributed by atoms with Gasteiger partial charge in [-0.05, 0) is 88.0 Å². The first kappa shape index (κ1) is 31.2. The van der Waals surface area contributed by atoms with E-state index >= 15 is 0 Å². The van der Waals surface area contributed by atoms with Crippen LogP contribution in [0.4, 0.5) is 0 Å². The van der Waals surface area contributed by atoms with Crippen LogP contribution >= 0.6 is 0 Å². The van der Waals surface area contributed by atoms with Crippen LogP contribution in [0.25, 0.3) is 132 Å². The molecule has 0 N–H and O–H groups in total. The normalized spacial score (nSPS) is 12.5. The molecule has 0 bridgehead atoms. The fourth-order valence-corrected chi connectivity index (χ4v) is 10.3. The van der Waals surface area contributed by atoms with E-state index in [0.29, 0.717) is 21.9 Å². The molecule has 0 unspecified atom stereocenters. The van der Waals surface area contributed by atoms with Gasteiger partial charge in [-0.1, -0.05) is 127 Å². The molecule has 0 atom stereocenters. The van der Waals surface area contributed by atoms with Crippen molar-refractivity contribution >= 4 is 98.1 Å². The van der Waals surface area contributed by atoms with Crippen LogP contribution in [0.1, 0.15) is 0 Å². The third kappa shape index (κ3) is 4.09. The number of nitrogens with zero attached hydrogens (tertiary/aromatic N) is 2. The smallest absolute Gasteiger partial charge is 0.200 e. The number of rotatable bonds is 3. The van der Waals surface area contributed by atoms with Crippen molar-refractivity contribution in [3.8, 4) is 33.4 Å². The van der Waals surface area contributed by atoms with Crippen molar-refractivity contribution in [2.75, 3.05) is 0 Å². The molecule has 14 aromatic rings. The summed E-state index contributed by atoms with van der Waals surface area (Å²) >= 11 is 0. The van der Waals surface area contributed by atoms with Gasteiger partial charge in [0, 0.05) is 43.1 Å². The van der Waals surface area contributed by atoms with Crippen LogP contribution in [0.3, 0.4) is 0 Å². The van der Waals surface area contributed by atoms with Crippen LogP contribution < -0.4 is 5.43 Å². The lowest BCUT2D eigenvalue weighted by Crippen LogP contribution is -2.02. The maximum absolute atomic E-state index is 13.9. The van der Waals surface area contributed by atoms with Gasteiger partial charge in [0.05, 0.1) is 43.9 Å². The van der Waals surface area contributed by atoms with Gasteiger partial charge in [0.25, 0.3) is 0 Å². The SMILES string of the molecule is O=c1c2ccc(-c3cccc(-c4ccc5c6cccc7c8ccccc8n(c5c4)c76)c3)cc2oc2cc(-c3ccc4c5cccc6c7ccccc7n(c4c3)c65)ccc12. The molecule has 0 spiro atoms. The molecule has 9 aromatic carbocycles. The average Bonchev–Trinajstić information content (AvgIpc) is 4.02. The zero-order chi connectivity index (χ0) is 38.5. The summed E-state index contributed by atoms with van der Waals surface area (Å²) in [6.07, 6.45) is 0. The number of fused-ring (bicyclic) bond motifs is 14. The van der Waals surface area contributed by atoms with Crippen LogP contribution in [0, 0.1) is 0 Å². The third-order valence-corrected chi connectivity index (χ3v) is 13.0. The van der Waals surface area contributed by atoms with Gasteiger partial charge in [0.1, 0.15) is 11.2 Å². The summed E-state index contributed by atoms with van der Waals surface area (Å²) in [6, 6.07) is 64.6. The van der Waals surface area contributed by atoms with E-state index in [-0.39, 0.29) is 5.43 Å². The predicted molar refractivity (Wildman–Crippen MR) is 246 cm³/mol. The first-order chi connectivity index (χ1) is 29.2. The highest BCUT2D eigenvalue weighted by molar-refractivity contribution is 6.24. The Bertz CT molecular complexity index is 4160. The number of para-hydroxylation sites is 4. The standard InChI is InChI=1S/C55H30N2O2/c58-55-45-24-20-35(32-9-5-8-31(26-32)33-18-22-39-43-14-6-12-41-37-10-1-3-16-47(37)56(53(41)43)49(39)27-33)29-51(45)59-52-30-36(21-25-46(52)55)34-19-23-40-44-15-7-13-42-38-11-2-4-17-48(38)57(54(42)44)50(40)28-34/h1-30H. The molecule has 0 aliphatic heterocycles. The van der Waals surface area contributed by atoms with E-state index in [4.69, 9.17) is 4.42 Å². The Morgan fingerprint density at radius 2 is 0.644 bits per heavy atom. The topological polar surface area (TPSA) is 39.0 Å². The molecule has 4 nitrogen and oxygen atoms in total. The molecule has 14 rings (SSSR count). The molecule has 0 saturated carbocycles. The molecular formula is C55H30N2O2. The lowest BCUT2D eigenvalue weighted by atomic mass is 9.97. The largest absolute Gasteiger partial charge is 0.456 e. The Morgan fingerprint density at radius 3 is 1.12 bits per heavy atom. The zero-order valence-electron chi connectivity index (χ0n) is 31.5. The lowest BCUT2D eigenvalue weighted by Gasteiger charge is -2.09. The van der Waals surface area contributed by atoms with Crippen molar-refractivity contribution in [3.05, 3.63) is 192 Å². The Labute approximate surface area is 335 Å². The highest BCUT2D eigenvalue weighted by Crippen LogP contribution is 2.42. The summed E-state index contributed by atoms with van der Waals surface area (Å²) in [4.78, 5) is 13.9. The molecule has 0 aliphatic carbocycles. The summed E-state index contributed by atoms with van der Waals surface area (Å²) in [5, 5.41) is 11.3. The molecule has 4 heteroatoms. The minimum Gasteiger partial charge on any atom is -0.456 e. The van der Waals surface area contributed by atoms with E-state index < -0.39 is 0 Å². The number of hydrogen-bond donors (Lipinski definition) is 0. The van der Waals surface area contributed by atoms with Crippen LogP contribution in [0.15, 0.2) is 191 Å². The molecule has 0 aliphatic rings. The lowest BCUT2D eigenvalue weighted by molar-refractivity contribution is 0.660. The van der Waals surface area contributed by atoms with Gasteiger partial charge < -0.3 is 13.2 Å². The third-order valence-electron chi connectivity index (χ3n) is 13.0. The molecule has 272 valence electrons. The van der Waals surface area contributed by atoms with Crippen LogP contribution in [0.5, 0.6) is 0 Å². The van der Waals surface area contributed by atoms with Gasteiger partial charge in [-0.3, -0.25) is 4.79 Å². The van der Waals surface area contributed by atoms with Crippen molar-refractivity contribution in [2.45, 2.75) is 0 Å². The molecule has 0 radical (unpaired) electrons. The van der Waals surface area contributed by atoms with Crippen molar-refractivity contribution < 1.29 is 4.42 Å². The monoisotopic (exact) mass is 750 g/mol. The highest BCUT2D eigenvalue weighted by Gasteiger charge is 2.20. The Balaban J connectivity index is 0.878. The molecule has 59 heavy (non-hydrogen) atoms. The molecule has 5 heterocycles. The Hall–Kier alpha value is -7.95. The fourth-order valence-electron chi connectivity index (χ4n) is 10.3.